The summed E-state index contributed by atoms with van der Waals surface area (Å²) in [6.45, 7) is 3.16. The number of hydrogen-bond donors (Lipinski definition) is 1. The zero-order chi connectivity index (χ0) is 13.1. The van der Waals surface area contributed by atoms with Crippen LogP contribution < -0.4 is 0 Å². The standard InChI is InChI=1S/C12H14F2O3/c1-3-6-17-12(2,11(15)16)9-7-8(13)4-5-10(9)14/h4-5,7H,3,6H2,1-2H3,(H,15,16). The van der Waals surface area contributed by atoms with Crippen LogP contribution >= 0.6 is 0 Å². The van der Waals surface area contributed by atoms with Crippen molar-refractivity contribution in [2.24, 2.45) is 0 Å². The van der Waals surface area contributed by atoms with Crippen LogP contribution in [0, 0.1) is 11.6 Å². The fourth-order valence-corrected chi connectivity index (χ4v) is 1.42. The Kier molecular flexibility index (Phi) is 4.17. The highest BCUT2D eigenvalue weighted by Gasteiger charge is 2.38. The van der Waals surface area contributed by atoms with Crippen LogP contribution in [0.4, 0.5) is 8.78 Å². The summed E-state index contributed by atoms with van der Waals surface area (Å²) in [6, 6.07) is 2.67. The first-order valence-electron chi connectivity index (χ1n) is 5.24. The summed E-state index contributed by atoms with van der Waals surface area (Å²) in [4.78, 5) is 11.2. The van der Waals surface area contributed by atoms with Gasteiger partial charge in [-0.2, -0.15) is 0 Å². The SMILES string of the molecule is CCCOC(C)(C(=O)O)c1cc(F)ccc1F. The lowest BCUT2D eigenvalue weighted by molar-refractivity contribution is -0.165. The fraction of sp³-hybridized carbons (Fsp3) is 0.417. The highest BCUT2D eigenvalue weighted by atomic mass is 19.1. The molecule has 1 atom stereocenters. The third-order valence-corrected chi connectivity index (χ3v) is 2.45. The van der Waals surface area contributed by atoms with Crippen LogP contribution in [0.2, 0.25) is 0 Å². The second-order valence-corrected chi connectivity index (χ2v) is 3.81. The van der Waals surface area contributed by atoms with Crippen LogP contribution in [-0.4, -0.2) is 17.7 Å². The number of carboxylic acids is 1. The van der Waals surface area contributed by atoms with Crippen molar-refractivity contribution in [3.05, 3.63) is 35.4 Å². The fourth-order valence-electron chi connectivity index (χ4n) is 1.42. The van der Waals surface area contributed by atoms with Gasteiger partial charge in [-0.15, -0.1) is 0 Å². The first kappa shape index (κ1) is 13.6. The molecule has 17 heavy (non-hydrogen) atoms. The summed E-state index contributed by atoms with van der Waals surface area (Å²) in [5.74, 6) is -2.85. The Morgan fingerprint density at radius 3 is 2.65 bits per heavy atom. The van der Waals surface area contributed by atoms with Crippen LogP contribution in [0.5, 0.6) is 0 Å². The first-order chi connectivity index (χ1) is 7.91. The van der Waals surface area contributed by atoms with Gasteiger partial charge in [-0.25, -0.2) is 13.6 Å². The molecule has 0 fully saturated rings. The number of aliphatic carboxylic acids is 1. The van der Waals surface area contributed by atoms with Gasteiger partial charge in [0.05, 0.1) is 0 Å². The zero-order valence-electron chi connectivity index (χ0n) is 9.67. The minimum Gasteiger partial charge on any atom is -0.479 e. The van der Waals surface area contributed by atoms with Crippen molar-refractivity contribution in [1.82, 2.24) is 0 Å². The molecule has 0 aliphatic carbocycles. The molecule has 1 aromatic rings. The van der Waals surface area contributed by atoms with Crippen molar-refractivity contribution >= 4 is 5.97 Å². The molecule has 1 N–H and O–H groups in total. The molecule has 0 saturated heterocycles. The van der Waals surface area contributed by atoms with E-state index in [0.717, 1.165) is 18.2 Å². The lowest BCUT2D eigenvalue weighted by Gasteiger charge is -2.26. The lowest BCUT2D eigenvalue weighted by Crippen LogP contribution is -2.37. The Labute approximate surface area is 98.0 Å². The largest absolute Gasteiger partial charge is 0.479 e. The molecule has 5 heteroatoms. The smallest absolute Gasteiger partial charge is 0.340 e. The third-order valence-electron chi connectivity index (χ3n) is 2.45. The van der Waals surface area contributed by atoms with Crippen molar-refractivity contribution in [2.75, 3.05) is 6.61 Å². The zero-order valence-corrected chi connectivity index (χ0v) is 9.67. The second kappa shape index (κ2) is 5.23. The summed E-state index contributed by atoms with van der Waals surface area (Å²) in [5.41, 5.74) is -2.18. The van der Waals surface area contributed by atoms with Gasteiger partial charge in [-0.1, -0.05) is 6.92 Å². The highest BCUT2D eigenvalue weighted by Crippen LogP contribution is 2.29. The van der Waals surface area contributed by atoms with Gasteiger partial charge in [0.15, 0.2) is 5.60 Å². The van der Waals surface area contributed by atoms with Crippen LogP contribution in [0.3, 0.4) is 0 Å². The molecule has 0 radical (unpaired) electrons. The van der Waals surface area contributed by atoms with Crippen LogP contribution in [-0.2, 0) is 15.1 Å². The van der Waals surface area contributed by atoms with Crippen molar-refractivity contribution < 1.29 is 23.4 Å². The molecule has 0 saturated carbocycles. The van der Waals surface area contributed by atoms with Gasteiger partial charge in [0.2, 0.25) is 0 Å². The minimum atomic E-state index is -1.87. The molecule has 94 valence electrons. The molecule has 0 spiro atoms. The van der Waals surface area contributed by atoms with Crippen LogP contribution in [0.15, 0.2) is 18.2 Å². The topological polar surface area (TPSA) is 46.5 Å². The number of carboxylic acid groups (broad SMARTS) is 1. The molecular formula is C12H14F2O3. The van der Waals surface area contributed by atoms with E-state index in [1.54, 1.807) is 6.92 Å². The molecular weight excluding hydrogens is 230 g/mol. The van der Waals surface area contributed by atoms with E-state index in [9.17, 15) is 13.6 Å². The number of benzene rings is 1. The Bertz CT molecular complexity index is 420. The van der Waals surface area contributed by atoms with E-state index < -0.39 is 23.2 Å². The maximum absolute atomic E-state index is 13.5. The molecule has 1 unspecified atom stereocenters. The predicted octanol–water partition coefficient (Wildman–Crippen LogP) is 2.69. The predicted molar refractivity (Wildman–Crippen MR) is 57.6 cm³/mol. The monoisotopic (exact) mass is 244 g/mol. The maximum atomic E-state index is 13.5. The van der Waals surface area contributed by atoms with Crippen molar-refractivity contribution in [2.45, 2.75) is 25.9 Å². The van der Waals surface area contributed by atoms with E-state index in [1.807, 2.05) is 0 Å². The molecule has 1 rings (SSSR count). The Hall–Kier alpha value is -1.49. The average Bonchev–Trinajstić information content (AvgIpc) is 2.29. The summed E-state index contributed by atoms with van der Waals surface area (Å²) in [6.07, 6.45) is 0.583. The molecule has 0 amide bonds. The number of rotatable bonds is 5. The van der Waals surface area contributed by atoms with E-state index in [0.29, 0.717) is 6.42 Å². The molecule has 0 aromatic heterocycles. The van der Waals surface area contributed by atoms with Gasteiger partial charge in [0.25, 0.3) is 0 Å². The van der Waals surface area contributed by atoms with Crippen LogP contribution in [0.25, 0.3) is 0 Å². The van der Waals surface area contributed by atoms with E-state index in [-0.39, 0.29) is 12.2 Å². The number of hydrogen-bond acceptors (Lipinski definition) is 2. The lowest BCUT2D eigenvalue weighted by atomic mass is 9.95. The summed E-state index contributed by atoms with van der Waals surface area (Å²) >= 11 is 0. The minimum absolute atomic E-state index is 0.152. The van der Waals surface area contributed by atoms with Crippen molar-refractivity contribution in [1.29, 1.82) is 0 Å². The summed E-state index contributed by atoms with van der Waals surface area (Å²) in [7, 11) is 0. The Morgan fingerprint density at radius 1 is 1.47 bits per heavy atom. The molecule has 0 aliphatic rings. The van der Waals surface area contributed by atoms with Gasteiger partial charge in [-0.3, -0.25) is 0 Å². The molecule has 0 bridgehead atoms. The van der Waals surface area contributed by atoms with Crippen molar-refractivity contribution in [3.8, 4) is 0 Å². The van der Waals surface area contributed by atoms with Crippen LogP contribution in [0.1, 0.15) is 25.8 Å². The Balaban J connectivity index is 3.21. The van der Waals surface area contributed by atoms with Crippen molar-refractivity contribution in [3.63, 3.8) is 0 Å². The first-order valence-corrected chi connectivity index (χ1v) is 5.24. The quantitative estimate of drug-likeness (QED) is 0.866. The summed E-state index contributed by atoms with van der Waals surface area (Å²) < 4.78 is 31.7. The van der Waals surface area contributed by atoms with Gasteiger partial charge in [0, 0.05) is 12.2 Å². The molecule has 0 aliphatic heterocycles. The number of ether oxygens (including phenoxy) is 1. The molecule has 0 heterocycles. The average molecular weight is 244 g/mol. The normalized spacial score (nSPS) is 14.4. The summed E-state index contributed by atoms with van der Waals surface area (Å²) in [5, 5.41) is 9.11. The van der Waals surface area contributed by atoms with Gasteiger partial charge < -0.3 is 9.84 Å². The van der Waals surface area contributed by atoms with E-state index >= 15 is 0 Å². The molecule has 1 aromatic carbocycles. The van der Waals surface area contributed by atoms with Gasteiger partial charge >= 0.3 is 5.97 Å². The van der Waals surface area contributed by atoms with E-state index in [2.05, 4.69) is 0 Å². The number of carbonyl (C=O) groups is 1. The molecule has 3 nitrogen and oxygen atoms in total. The second-order valence-electron chi connectivity index (χ2n) is 3.81. The number of halogens is 2. The van der Waals surface area contributed by atoms with E-state index in [1.165, 1.54) is 6.92 Å². The maximum Gasteiger partial charge on any atom is 0.340 e. The highest BCUT2D eigenvalue weighted by molar-refractivity contribution is 5.79. The Morgan fingerprint density at radius 2 is 2.12 bits per heavy atom. The third kappa shape index (κ3) is 2.79. The van der Waals surface area contributed by atoms with Gasteiger partial charge in [0.1, 0.15) is 11.6 Å². The van der Waals surface area contributed by atoms with Gasteiger partial charge in [-0.05, 0) is 31.5 Å². The van der Waals surface area contributed by atoms with E-state index in [4.69, 9.17) is 9.84 Å².